The molecular weight excluding hydrogens is 662 g/mol. The van der Waals surface area contributed by atoms with Crippen molar-refractivity contribution < 1.29 is 14.2 Å². The highest BCUT2D eigenvalue weighted by molar-refractivity contribution is 5.55. The molecular formula is C36H51N13O3. The van der Waals surface area contributed by atoms with E-state index in [-0.39, 0.29) is 6.01 Å². The molecule has 5 N–H and O–H groups in total. The van der Waals surface area contributed by atoms with Crippen molar-refractivity contribution in [3.63, 3.8) is 0 Å². The molecule has 4 aromatic rings. The minimum Gasteiger partial charge on any atom is -0.463 e. The fourth-order valence-electron chi connectivity index (χ4n) is 5.69. The summed E-state index contributed by atoms with van der Waals surface area (Å²) in [5.74, 6) is 2.41. The molecule has 278 valence electrons. The lowest BCUT2D eigenvalue weighted by atomic mass is 10.3. The van der Waals surface area contributed by atoms with Crippen LogP contribution in [-0.2, 0) is 9.47 Å². The summed E-state index contributed by atoms with van der Waals surface area (Å²) in [5, 5.41) is 16.6. The first-order valence-electron chi connectivity index (χ1n) is 18.4. The van der Waals surface area contributed by atoms with E-state index in [0.717, 1.165) is 116 Å². The highest BCUT2D eigenvalue weighted by Crippen LogP contribution is 2.18. The molecule has 2 aromatic heterocycles. The van der Waals surface area contributed by atoms with E-state index in [1.807, 2.05) is 60.7 Å². The molecule has 2 fully saturated rings. The van der Waals surface area contributed by atoms with Gasteiger partial charge in [-0.05, 0) is 63.0 Å². The van der Waals surface area contributed by atoms with Crippen LogP contribution in [0.5, 0.6) is 6.01 Å². The summed E-state index contributed by atoms with van der Waals surface area (Å²) in [4.78, 5) is 32.4. The second kappa shape index (κ2) is 20.8. The van der Waals surface area contributed by atoms with Crippen LogP contribution >= 0.6 is 0 Å². The number of unbranched alkanes of at least 4 members (excludes halogenated alkanes) is 1. The highest BCUT2D eigenvalue weighted by Gasteiger charge is 2.13. The van der Waals surface area contributed by atoms with Crippen LogP contribution in [0.4, 0.5) is 41.1 Å². The Morgan fingerprint density at radius 1 is 0.500 bits per heavy atom. The second-order valence-corrected chi connectivity index (χ2v) is 12.5. The maximum atomic E-state index is 6.02. The van der Waals surface area contributed by atoms with Crippen molar-refractivity contribution in [3.8, 4) is 6.01 Å². The smallest absolute Gasteiger partial charge is 0.323 e. The predicted octanol–water partition coefficient (Wildman–Crippen LogP) is 4.08. The topological polar surface area (TPSA) is 172 Å². The first-order chi connectivity index (χ1) is 25.7. The molecule has 0 unspecified atom stereocenters. The standard InChI is InChI=1S/C36H51N13O3/c1-3-11-29(12-4-1)40-34-43-31(42-32(44-34)38-16-9-18-48-20-25-50-26-21-48)37-15-7-8-24-52-36-46-33(39-17-10-19-49-22-27-51-28-23-49)45-35(47-36)41-30-13-5-2-6-14-30/h1-6,11-14H,7-10,15-28H2,(H2,39,41,45,46,47)(H3,37,38,40,42,43,44). The molecule has 2 aliphatic rings. The Bertz CT molecular complexity index is 1470. The van der Waals surface area contributed by atoms with Crippen LogP contribution < -0.4 is 31.3 Å². The lowest BCUT2D eigenvalue weighted by molar-refractivity contribution is 0.0378. The van der Waals surface area contributed by atoms with Crippen molar-refractivity contribution in [2.75, 3.05) is 119 Å². The number of anilines is 7. The lowest BCUT2D eigenvalue weighted by Gasteiger charge is -2.26. The maximum absolute atomic E-state index is 6.02. The van der Waals surface area contributed by atoms with Gasteiger partial charge >= 0.3 is 6.01 Å². The van der Waals surface area contributed by atoms with Gasteiger partial charge in [-0.15, -0.1) is 0 Å². The monoisotopic (exact) mass is 713 g/mol. The molecule has 6 rings (SSSR count). The Morgan fingerprint density at radius 2 is 0.923 bits per heavy atom. The first-order valence-corrected chi connectivity index (χ1v) is 18.4. The zero-order chi connectivity index (χ0) is 35.5. The first kappa shape index (κ1) is 36.9. The highest BCUT2D eigenvalue weighted by atomic mass is 16.5. The number of nitrogens with one attached hydrogen (secondary N) is 5. The Kier molecular flexibility index (Phi) is 14.8. The summed E-state index contributed by atoms with van der Waals surface area (Å²) < 4.78 is 16.9. The quantitative estimate of drug-likeness (QED) is 0.0782. The molecule has 2 saturated heterocycles. The van der Waals surface area contributed by atoms with Crippen LogP contribution in [-0.4, -0.2) is 132 Å². The van der Waals surface area contributed by atoms with Gasteiger partial charge in [-0.25, -0.2) is 0 Å². The van der Waals surface area contributed by atoms with Crippen molar-refractivity contribution in [1.29, 1.82) is 0 Å². The minimum absolute atomic E-state index is 0.274. The number of morpholine rings is 2. The third kappa shape index (κ3) is 13.0. The van der Waals surface area contributed by atoms with E-state index in [9.17, 15) is 0 Å². The second-order valence-electron chi connectivity index (χ2n) is 12.5. The van der Waals surface area contributed by atoms with Gasteiger partial charge in [0, 0.05) is 57.2 Å². The maximum Gasteiger partial charge on any atom is 0.323 e. The molecule has 16 heteroatoms. The number of hydrogen-bond donors (Lipinski definition) is 5. The summed E-state index contributed by atoms with van der Waals surface area (Å²) in [6.45, 7) is 11.7. The molecule has 2 aliphatic heterocycles. The van der Waals surface area contributed by atoms with E-state index >= 15 is 0 Å². The van der Waals surface area contributed by atoms with Crippen LogP contribution in [0.3, 0.4) is 0 Å². The average molecular weight is 714 g/mol. The molecule has 0 radical (unpaired) electrons. The van der Waals surface area contributed by atoms with E-state index in [4.69, 9.17) is 14.2 Å². The van der Waals surface area contributed by atoms with Gasteiger partial charge < -0.3 is 40.8 Å². The van der Waals surface area contributed by atoms with Gasteiger partial charge in [-0.2, -0.15) is 29.9 Å². The normalized spacial score (nSPS) is 15.2. The Hall–Kier alpha value is -4.90. The van der Waals surface area contributed by atoms with Crippen LogP contribution in [0, 0.1) is 0 Å². The average Bonchev–Trinajstić information content (AvgIpc) is 3.18. The summed E-state index contributed by atoms with van der Waals surface area (Å²) in [7, 11) is 0. The van der Waals surface area contributed by atoms with Crippen LogP contribution in [0.15, 0.2) is 60.7 Å². The summed E-state index contributed by atoms with van der Waals surface area (Å²) >= 11 is 0. The Balaban J connectivity index is 0.980. The summed E-state index contributed by atoms with van der Waals surface area (Å²) in [6.07, 6.45) is 3.54. The van der Waals surface area contributed by atoms with Gasteiger partial charge in [0.05, 0.1) is 33.0 Å². The molecule has 4 heterocycles. The fraction of sp³-hybridized carbons (Fsp3) is 0.500. The zero-order valence-corrected chi connectivity index (χ0v) is 29.8. The SMILES string of the molecule is c1ccc(Nc2nc(NCCCCOc3nc(NCCCN4CCOCC4)nc(Nc4ccccc4)n3)nc(NCCCN3CCOCC3)n2)cc1. The number of nitrogens with zero attached hydrogens (tertiary/aromatic N) is 8. The zero-order valence-electron chi connectivity index (χ0n) is 29.8. The molecule has 0 bridgehead atoms. The molecule has 0 amide bonds. The van der Waals surface area contributed by atoms with E-state index in [1.54, 1.807) is 0 Å². The van der Waals surface area contributed by atoms with E-state index < -0.39 is 0 Å². The molecule has 52 heavy (non-hydrogen) atoms. The number of aromatic nitrogens is 6. The number of rotatable bonds is 21. The Labute approximate surface area is 305 Å². The fourth-order valence-corrected chi connectivity index (χ4v) is 5.69. The van der Waals surface area contributed by atoms with Gasteiger partial charge in [0.25, 0.3) is 0 Å². The van der Waals surface area contributed by atoms with Gasteiger partial charge in [-0.1, -0.05) is 36.4 Å². The number of hydrogen-bond acceptors (Lipinski definition) is 16. The molecule has 16 nitrogen and oxygen atoms in total. The van der Waals surface area contributed by atoms with E-state index in [2.05, 4.69) is 66.3 Å². The largest absolute Gasteiger partial charge is 0.463 e. The van der Waals surface area contributed by atoms with Crippen molar-refractivity contribution in [2.24, 2.45) is 0 Å². The number of benzene rings is 2. The molecule has 0 spiro atoms. The summed E-state index contributed by atoms with van der Waals surface area (Å²) in [6, 6.07) is 20.0. The van der Waals surface area contributed by atoms with Gasteiger partial charge in [-0.3, -0.25) is 9.80 Å². The number of para-hydroxylation sites is 2. The van der Waals surface area contributed by atoms with Crippen molar-refractivity contribution in [3.05, 3.63) is 60.7 Å². The molecule has 0 atom stereocenters. The third-order valence-electron chi connectivity index (χ3n) is 8.47. The molecule has 2 aromatic carbocycles. The third-order valence-corrected chi connectivity index (χ3v) is 8.47. The molecule has 0 saturated carbocycles. The van der Waals surface area contributed by atoms with Crippen molar-refractivity contribution in [2.45, 2.75) is 25.7 Å². The van der Waals surface area contributed by atoms with Gasteiger partial charge in [0.2, 0.25) is 29.7 Å². The van der Waals surface area contributed by atoms with Crippen molar-refractivity contribution >= 4 is 41.1 Å². The summed E-state index contributed by atoms with van der Waals surface area (Å²) in [5.41, 5.74) is 1.79. The van der Waals surface area contributed by atoms with Crippen LogP contribution in [0.2, 0.25) is 0 Å². The Morgan fingerprint density at radius 3 is 1.44 bits per heavy atom. The lowest BCUT2D eigenvalue weighted by Crippen LogP contribution is -2.37. The molecule has 0 aliphatic carbocycles. The van der Waals surface area contributed by atoms with Crippen molar-refractivity contribution in [1.82, 2.24) is 39.7 Å². The van der Waals surface area contributed by atoms with Crippen LogP contribution in [0.1, 0.15) is 25.7 Å². The van der Waals surface area contributed by atoms with Gasteiger partial charge in [0.15, 0.2) is 0 Å². The minimum atomic E-state index is 0.274. The number of ether oxygens (including phenoxy) is 3. The van der Waals surface area contributed by atoms with E-state index in [1.165, 1.54) is 0 Å². The van der Waals surface area contributed by atoms with E-state index in [0.29, 0.717) is 42.9 Å². The van der Waals surface area contributed by atoms with Crippen LogP contribution in [0.25, 0.3) is 0 Å². The van der Waals surface area contributed by atoms with Gasteiger partial charge in [0.1, 0.15) is 0 Å². The predicted molar refractivity (Wildman–Crippen MR) is 203 cm³/mol.